The summed E-state index contributed by atoms with van der Waals surface area (Å²) in [6, 6.07) is 9.50. The molecule has 1 fully saturated rings. The van der Waals surface area contributed by atoms with Gasteiger partial charge in [0.1, 0.15) is 17.5 Å². The summed E-state index contributed by atoms with van der Waals surface area (Å²) in [7, 11) is 0. The number of likely N-dealkylation sites (tertiary alicyclic amines) is 1. The number of aliphatic carboxylic acids is 1. The van der Waals surface area contributed by atoms with Crippen molar-refractivity contribution in [2.24, 2.45) is 0 Å². The summed E-state index contributed by atoms with van der Waals surface area (Å²) in [5, 5.41) is 9.40. The summed E-state index contributed by atoms with van der Waals surface area (Å²) in [6.07, 6.45) is 2.29. The number of ether oxygens (including phenoxy) is 2. The molecule has 2 aromatic heterocycles. The number of carboxylic acids is 1. The fourth-order valence-corrected chi connectivity index (χ4v) is 5.27. The average Bonchev–Trinajstić information content (AvgIpc) is 2.94. The normalized spacial score (nSPS) is 18.0. The predicted octanol–water partition coefficient (Wildman–Crippen LogP) is 4.60. The van der Waals surface area contributed by atoms with Crippen molar-refractivity contribution in [2.45, 2.75) is 51.4 Å². The Morgan fingerprint density at radius 1 is 1.20 bits per heavy atom. The van der Waals surface area contributed by atoms with Crippen molar-refractivity contribution in [3.8, 4) is 22.8 Å². The second kappa shape index (κ2) is 11.7. The Bertz CT molecular complexity index is 1500. The van der Waals surface area contributed by atoms with Crippen molar-refractivity contribution in [1.29, 1.82) is 0 Å². The first-order valence-electron chi connectivity index (χ1n) is 13.2. The van der Waals surface area contributed by atoms with Crippen molar-refractivity contribution in [1.82, 2.24) is 14.9 Å². The average molecular weight is 583 g/mol. The predicted molar refractivity (Wildman–Crippen MR) is 148 cm³/mol. The summed E-state index contributed by atoms with van der Waals surface area (Å²) >= 11 is 6.13. The van der Waals surface area contributed by atoms with Crippen LogP contribution in [-0.4, -0.2) is 69.1 Å². The van der Waals surface area contributed by atoms with Gasteiger partial charge in [0.15, 0.2) is 17.6 Å². The highest BCUT2D eigenvalue weighted by molar-refractivity contribution is 6.30. The first-order chi connectivity index (χ1) is 19.6. The Morgan fingerprint density at radius 3 is 2.63 bits per heavy atom. The summed E-state index contributed by atoms with van der Waals surface area (Å²) in [5.41, 5.74) is 1.11. The number of rotatable bonds is 7. The Kier molecular flexibility index (Phi) is 8.07. The molecule has 4 heterocycles. The lowest BCUT2D eigenvalue weighted by molar-refractivity contribution is -0.138. The van der Waals surface area contributed by atoms with Gasteiger partial charge in [0.05, 0.1) is 11.4 Å². The zero-order chi connectivity index (χ0) is 29.3. The smallest absolute Gasteiger partial charge is 0.307 e. The van der Waals surface area contributed by atoms with Gasteiger partial charge < -0.3 is 24.4 Å². The molecule has 214 valence electrons. The zero-order valence-corrected chi connectivity index (χ0v) is 23.2. The highest BCUT2D eigenvalue weighted by atomic mass is 35.5. The van der Waals surface area contributed by atoms with Crippen LogP contribution in [0.15, 0.2) is 48.8 Å². The molecule has 1 unspecified atom stereocenters. The second-order valence-electron chi connectivity index (χ2n) is 10.0. The number of pyridine rings is 2. The van der Waals surface area contributed by atoms with E-state index in [1.165, 1.54) is 23.4 Å². The number of carbonyl (C=O) groups is 3. The van der Waals surface area contributed by atoms with Gasteiger partial charge in [0.2, 0.25) is 5.88 Å². The van der Waals surface area contributed by atoms with Crippen LogP contribution >= 0.6 is 11.6 Å². The molecule has 0 saturated carbocycles. The van der Waals surface area contributed by atoms with Gasteiger partial charge in [-0.05, 0) is 44.9 Å². The van der Waals surface area contributed by atoms with E-state index in [9.17, 15) is 14.4 Å². The molecule has 3 aromatic rings. The van der Waals surface area contributed by atoms with E-state index in [0.29, 0.717) is 59.4 Å². The maximum Gasteiger partial charge on any atom is 0.307 e. The number of fused-ring (bicyclic) bond motifs is 1. The number of hydrogen-bond donors (Lipinski definition) is 1. The molecular weight excluding hydrogens is 555 g/mol. The molecule has 1 saturated heterocycles. The third kappa shape index (κ3) is 5.95. The molecule has 2 aliphatic rings. The molecule has 12 heteroatoms. The van der Waals surface area contributed by atoms with E-state index in [4.69, 9.17) is 26.2 Å². The number of carboxylic acid groups (broad SMARTS) is 1. The lowest BCUT2D eigenvalue weighted by Crippen LogP contribution is -2.54. The molecule has 2 aliphatic heterocycles. The number of carbonyl (C=O) groups excluding carboxylic acids is 2. The SMILES string of the molecule is CC1Oc2ncc(Cl)cc2N(C2CCN(C(=O)c3ncc(-c4ccccc4O[C@H](C)CC(=O)O)cc3F)CC2)C1=O. The van der Waals surface area contributed by atoms with Crippen molar-refractivity contribution in [3.63, 3.8) is 0 Å². The molecule has 41 heavy (non-hydrogen) atoms. The van der Waals surface area contributed by atoms with Crippen molar-refractivity contribution in [2.75, 3.05) is 18.0 Å². The number of nitrogens with zero attached hydrogens (tertiary/aromatic N) is 4. The molecule has 0 spiro atoms. The van der Waals surface area contributed by atoms with Gasteiger partial charge in [0, 0.05) is 42.7 Å². The largest absolute Gasteiger partial charge is 0.489 e. The van der Waals surface area contributed by atoms with Gasteiger partial charge in [-0.15, -0.1) is 0 Å². The minimum atomic E-state index is -0.994. The molecule has 5 rings (SSSR count). The standard InChI is InChI=1S/C29H28ClFN4O6/c1-16(11-25(36)37)40-24-6-4-3-5-21(24)18-12-22(31)26(32-14-18)29(39)34-9-7-20(8-10-34)35-23-13-19(30)15-33-27(23)41-17(2)28(35)38/h3-6,12-17,20H,7-11H2,1-2H3,(H,36,37)/t16-,17?/m1/s1. The number of halogens is 2. The number of benzene rings is 1. The van der Waals surface area contributed by atoms with E-state index in [-0.39, 0.29) is 24.1 Å². The molecule has 2 amide bonds. The fraction of sp³-hybridized carbons (Fsp3) is 0.345. The van der Waals surface area contributed by atoms with Gasteiger partial charge in [0.25, 0.3) is 11.8 Å². The summed E-state index contributed by atoms with van der Waals surface area (Å²) in [6.45, 7) is 3.89. The van der Waals surface area contributed by atoms with Crippen molar-refractivity contribution in [3.05, 3.63) is 65.3 Å². The molecule has 0 bridgehead atoms. The summed E-state index contributed by atoms with van der Waals surface area (Å²) in [5.74, 6) is -1.82. The second-order valence-corrected chi connectivity index (χ2v) is 10.5. The molecule has 0 radical (unpaired) electrons. The number of amides is 2. The number of anilines is 1. The highest BCUT2D eigenvalue weighted by Crippen LogP contribution is 2.37. The van der Waals surface area contributed by atoms with E-state index in [2.05, 4.69) is 9.97 Å². The van der Waals surface area contributed by atoms with Gasteiger partial charge in [-0.2, -0.15) is 0 Å². The number of para-hydroxylation sites is 1. The lowest BCUT2D eigenvalue weighted by atomic mass is 10.00. The maximum absolute atomic E-state index is 15.3. The monoisotopic (exact) mass is 582 g/mol. The summed E-state index contributed by atoms with van der Waals surface area (Å²) < 4.78 is 26.7. The number of hydrogen-bond acceptors (Lipinski definition) is 7. The van der Waals surface area contributed by atoms with Crippen LogP contribution in [0.25, 0.3) is 11.1 Å². The van der Waals surface area contributed by atoms with E-state index in [1.54, 1.807) is 49.1 Å². The number of piperidine rings is 1. The third-order valence-corrected chi connectivity index (χ3v) is 7.29. The molecule has 1 aromatic carbocycles. The fourth-order valence-electron chi connectivity index (χ4n) is 5.12. The van der Waals surface area contributed by atoms with Gasteiger partial charge in [-0.25, -0.2) is 14.4 Å². The van der Waals surface area contributed by atoms with E-state index < -0.39 is 29.9 Å². The van der Waals surface area contributed by atoms with Crippen LogP contribution in [0.4, 0.5) is 10.1 Å². The van der Waals surface area contributed by atoms with Crippen LogP contribution in [0, 0.1) is 5.82 Å². The molecule has 1 N–H and O–H groups in total. The topological polar surface area (TPSA) is 122 Å². The van der Waals surface area contributed by atoms with Gasteiger partial charge in [-0.1, -0.05) is 29.8 Å². The lowest BCUT2D eigenvalue weighted by Gasteiger charge is -2.41. The minimum Gasteiger partial charge on any atom is -0.489 e. The molecule has 10 nitrogen and oxygen atoms in total. The Balaban J connectivity index is 1.29. The zero-order valence-electron chi connectivity index (χ0n) is 22.4. The van der Waals surface area contributed by atoms with E-state index >= 15 is 4.39 Å². The Morgan fingerprint density at radius 2 is 1.93 bits per heavy atom. The summed E-state index contributed by atoms with van der Waals surface area (Å²) in [4.78, 5) is 48.8. The first kappa shape index (κ1) is 28.3. The quantitative estimate of drug-likeness (QED) is 0.429. The molecule has 2 atom stereocenters. The highest BCUT2D eigenvalue weighted by Gasteiger charge is 2.39. The Hall–Kier alpha value is -4.25. The van der Waals surface area contributed by atoms with E-state index in [1.807, 2.05) is 0 Å². The van der Waals surface area contributed by atoms with Crippen LogP contribution in [-0.2, 0) is 9.59 Å². The first-order valence-corrected chi connectivity index (χ1v) is 13.6. The van der Waals surface area contributed by atoms with Gasteiger partial charge in [-0.3, -0.25) is 14.4 Å². The van der Waals surface area contributed by atoms with Crippen LogP contribution < -0.4 is 14.4 Å². The third-order valence-electron chi connectivity index (χ3n) is 7.08. The maximum atomic E-state index is 15.3. The van der Waals surface area contributed by atoms with Crippen LogP contribution in [0.2, 0.25) is 5.02 Å². The van der Waals surface area contributed by atoms with Crippen LogP contribution in [0.1, 0.15) is 43.6 Å². The van der Waals surface area contributed by atoms with Crippen LogP contribution in [0.3, 0.4) is 0 Å². The van der Waals surface area contributed by atoms with Crippen molar-refractivity contribution >= 4 is 35.1 Å². The van der Waals surface area contributed by atoms with Crippen LogP contribution in [0.5, 0.6) is 11.6 Å². The molecule has 0 aliphatic carbocycles. The van der Waals surface area contributed by atoms with Crippen molar-refractivity contribution < 1.29 is 33.4 Å². The number of aromatic nitrogens is 2. The van der Waals surface area contributed by atoms with Gasteiger partial charge >= 0.3 is 5.97 Å². The van der Waals surface area contributed by atoms with E-state index in [0.717, 1.165) is 0 Å². The minimum absolute atomic E-state index is 0.194. The Labute approximate surface area is 240 Å². The molecular formula is C29H28ClFN4O6.